The van der Waals surface area contributed by atoms with E-state index in [1.165, 1.54) is 18.8 Å². The van der Waals surface area contributed by atoms with Gasteiger partial charge in [0.25, 0.3) is 5.69 Å². The number of nitro benzene ring substituents is 1. The maximum Gasteiger partial charge on any atom is 0.416 e. The third-order valence-electron chi connectivity index (χ3n) is 3.35. The number of ether oxygens (including phenoxy) is 1. The molecule has 0 heterocycles. The lowest BCUT2D eigenvalue weighted by atomic mass is 10.2. The van der Waals surface area contributed by atoms with E-state index in [-0.39, 0.29) is 16.8 Å². The van der Waals surface area contributed by atoms with E-state index in [0.717, 1.165) is 37.4 Å². The van der Waals surface area contributed by atoms with Gasteiger partial charge in [-0.05, 0) is 30.3 Å². The molecule has 134 valence electrons. The van der Waals surface area contributed by atoms with E-state index < -0.39 is 29.7 Å². The zero-order valence-corrected chi connectivity index (χ0v) is 14.0. The van der Waals surface area contributed by atoms with Crippen LogP contribution in [0.15, 0.2) is 42.5 Å². The maximum absolute atomic E-state index is 12.5. The molecule has 0 saturated carbocycles. The lowest BCUT2D eigenvalue weighted by molar-refractivity contribution is -0.383. The predicted molar refractivity (Wildman–Crippen MR) is 84.8 cm³/mol. The Bertz CT molecular complexity index is 836. The second-order valence-electron chi connectivity index (χ2n) is 5.06. The molecule has 1 atom stereocenters. The van der Waals surface area contributed by atoms with Gasteiger partial charge in [0.15, 0.2) is 0 Å². The Hall–Kier alpha value is -2.38. The van der Waals surface area contributed by atoms with Gasteiger partial charge in [0.05, 0.1) is 10.5 Å². The summed E-state index contributed by atoms with van der Waals surface area (Å²) in [6.07, 6.45) is -4.47. The molecule has 10 heteroatoms. The zero-order valence-electron chi connectivity index (χ0n) is 13.1. The average molecular weight is 375 g/mol. The molecule has 0 aliphatic carbocycles. The molecule has 25 heavy (non-hydrogen) atoms. The summed E-state index contributed by atoms with van der Waals surface area (Å²) >= 11 is 0. The molecule has 0 fully saturated rings. The summed E-state index contributed by atoms with van der Waals surface area (Å²) in [5.41, 5.74) is -1.23. The lowest BCUT2D eigenvalue weighted by Gasteiger charge is -2.13. The van der Waals surface area contributed by atoms with Gasteiger partial charge in [0.2, 0.25) is 7.37 Å². The molecule has 2 aromatic carbocycles. The van der Waals surface area contributed by atoms with Crippen molar-refractivity contribution in [3.63, 3.8) is 0 Å². The standard InChI is InChI=1S/C15H13F3NO5P/c1-23-25(2,22)14-9-12(7-8-13(14)19(20)21)24-11-5-3-10(4-6-11)15(16,17)18/h3-9H,1-2H3. The number of hydrogen-bond donors (Lipinski definition) is 0. The first kappa shape index (κ1) is 19.0. The molecule has 6 nitrogen and oxygen atoms in total. The third-order valence-corrected chi connectivity index (χ3v) is 5.28. The first-order valence-corrected chi connectivity index (χ1v) is 8.89. The van der Waals surface area contributed by atoms with E-state index in [4.69, 9.17) is 9.26 Å². The molecule has 0 bridgehead atoms. The van der Waals surface area contributed by atoms with Gasteiger partial charge >= 0.3 is 6.18 Å². The summed E-state index contributed by atoms with van der Waals surface area (Å²) in [7, 11) is -2.29. The quantitative estimate of drug-likeness (QED) is 0.434. The Morgan fingerprint density at radius 3 is 2.12 bits per heavy atom. The van der Waals surface area contributed by atoms with Gasteiger partial charge in [-0.15, -0.1) is 0 Å². The van der Waals surface area contributed by atoms with E-state index in [2.05, 4.69) is 0 Å². The van der Waals surface area contributed by atoms with Crippen LogP contribution < -0.4 is 10.0 Å². The number of nitro groups is 1. The smallest absolute Gasteiger partial charge is 0.416 e. The van der Waals surface area contributed by atoms with Crippen LogP contribution in [0.1, 0.15) is 5.56 Å². The van der Waals surface area contributed by atoms with Crippen molar-refractivity contribution in [2.45, 2.75) is 6.18 Å². The fourth-order valence-electron chi connectivity index (χ4n) is 1.99. The minimum atomic E-state index is -4.47. The molecule has 0 aromatic heterocycles. The number of alkyl halides is 3. The highest BCUT2D eigenvalue weighted by Crippen LogP contribution is 2.44. The summed E-state index contributed by atoms with van der Waals surface area (Å²) in [6.45, 7) is 1.22. The highest BCUT2D eigenvalue weighted by molar-refractivity contribution is 7.66. The van der Waals surface area contributed by atoms with Crippen molar-refractivity contribution in [2.24, 2.45) is 0 Å². The van der Waals surface area contributed by atoms with Gasteiger partial charge in [0, 0.05) is 25.9 Å². The summed E-state index contributed by atoms with van der Waals surface area (Å²) in [4.78, 5) is 10.4. The number of nitrogens with zero attached hydrogens (tertiary/aromatic N) is 1. The molecule has 0 aliphatic heterocycles. The number of rotatable bonds is 5. The first-order chi connectivity index (χ1) is 11.5. The van der Waals surface area contributed by atoms with Crippen LogP contribution in [0.25, 0.3) is 0 Å². The zero-order chi connectivity index (χ0) is 18.8. The van der Waals surface area contributed by atoms with Gasteiger partial charge in [-0.25, -0.2) is 0 Å². The molecule has 0 saturated heterocycles. The second kappa shape index (κ2) is 6.85. The SMILES string of the molecule is COP(C)(=O)c1cc(Oc2ccc(C(F)(F)F)cc2)ccc1[N+](=O)[O-]. The molecule has 2 rings (SSSR count). The van der Waals surface area contributed by atoms with E-state index in [9.17, 15) is 27.9 Å². The Kier molecular flexibility index (Phi) is 5.20. The van der Waals surface area contributed by atoms with Crippen molar-refractivity contribution in [1.29, 1.82) is 0 Å². The van der Waals surface area contributed by atoms with Crippen molar-refractivity contribution in [1.82, 2.24) is 0 Å². The predicted octanol–water partition coefficient (Wildman–Crippen LogP) is 4.59. The largest absolute Gasteiger partial charge is 0.457 e. The molecule has 2 aromatic rings. The van der Waals surface area contributed by atoms with E-state index >= 15 is 0 Å². The Balaban J connectivity index is 2.36. The fourth-order valence-corrected chi connectivity index (χ4v) is 3.12. The van der Waals surface area contributed by atoms with Crippen molar-refractivity contribution < 1.29 is 31.9 Å². The highest BCUT2D eigenvalue weighted by atomic mass is 31.2. The van der Waals surface area contributed by atoms with Gasteiger partial charge in [-0.3, -0.25) is 14.7 Å². The van der Waals surface area contributed by atoms with Crippen molar-refractivity contribution in [3.8, 4) is 11.5 Å². The molecule has 0 radical (unpaired) electrons. The van der Waals surface area contributed by atoms with Gasteiger partial charge in [-0.1, -0.05) is 0 Å². The minimum absolute atomic E-state index is 0.0829. The number of halogens is 3. The maximum atomic E-state index is 12.5. The van der Waals surface area contributed by atoms with Crippen LogP contribution in [0.5, 0.6) is 11.5 Å². The summed E-state index contributed by atoms with van der Waals surface area (Å²) in [5, 5.41) is 10.9. The monoisotopic (exact) mass is 375 g/mol. The molecular formula is C15H13F3NO5P. The minimum Gasteiger partial charge on any atom is -0.457 e. The van der Waals surface area contributed by atoms with Crippen LogP contribution in [0.4, 0.5) is 18.9 Å². The van der Waals surface area contributed by atoms with Crippen LogP contribution in [-0.4, -0.2) is 18.7 Å². The summed E-state index contributed by atoms with van der Waals surface area (Å²) in [6, 6.07) is 7.47. The van der Waals surface area contributed by atoms with E-state index in [1.54, 1.807) is 0 Å². The van der Waals surface area contributed by atoms with E-state index in [0.29, 0.717) is 0 Å². The topological polar surface area (TPSA) is 78.7 Å². The fraction of sp³-hybridized carbons (Fsp3) is 0.200. The summed E-state index contributed by atoms with van der Waals surface area (Å²) < 4.78 is 60.2. The van der Waals surface area contributed by atoms with Crippen LogP contribution in [0.2, 0.25) is 0 Å². The molecule has 0 aliphatic rings. The second-order valence-corrected chi connectivity index (χ2v) is 7.60. The molecule has 0 spiro atoms. The average Bonchev–Trinajstić information content (AvgIpc) is 2.54. The van der Waals surface area contributed by atoms with Crippen LogP contribution >= 0.6 is 7.37 Å². The molecule has 1 unspecified atom stereocenters. The summed E-state index contributed by atoms with van der Waals surface area (Å²) in [5.74, 6) is 0.177. The number of hydrogen-bond acceptors (Lipinski definition) is 5. The van der Waals surface area contributed by atoms with Crippen molar-refractivity contribution in [2.75, 3.05) is 13.8 Å². The third kappa shape index (κ3) is 4.37. The Morgan fingerprint density at radius 2 is 1.64 bits per heavy atom. The molecular weight excluding hydrogens is 362 g/mol. The lowest BCUT2D eigenvalue weighted by Crippen LogP contribution is -2.11. The Labute approximate surface area is 140 Å². The molecule has 0 amide bonds. The molecule has 0 N–H and O–H groups in total. The van der Waals surface area contributed by atoms with E-state index in [1.807, 2.05) is 0 Å². The van der Waals surface area contributed by atoms with Gasteiger partial charge in [0.1, 0.15) is 16.8 Å². The van der Waals surface area contributed by atoms with Gasteiger partial charge in [-0.2, -0.15) is 13.2 Å². The van der Waals surface area contributed by atoms with Crippen LogP contribution in [-0.2, 0) is 15.3 Å². The van der Waals surface area contributed by atoms with Crippen molar-refractivity contribution in [3.05, 3.63) is 58.1 Å². The van der Waals surface area contributed by atoms with Crippen molar-refractivity contribution >= 4 is 18.4 Å². The first-order valence-electron chi connectivity index (χ1n) is 6.82. The normalized spacial score (nSPS) is 14.0. The van der Waals surface area contributed by atoms with Crippen LogP contribution in [0, 0.1) is 10.1 Å². The van der Waals surface area contributed by atoms with Gasteiger partial charge < -0.3 is 9.26 Å². The number of benzene rings is 2. The Morgan fingerprint density at radius 1 is 1.08 bits per heavy atom. The van der Waals surface area contributed by atoms with Crippen LogP contribution in [0.3, 0.4) is 0 Å². The highest BCUT2D eigenvalue weighted by Gasteiger charge is 2.30.